The molecule has 100 valence electrons. The van der Waals surface area contributed by atoms with Crippen LogP contribution in [0.15, 0.2) is 11.1 Å². The molecule has 7 heteroatoms. The van der Waals surface area contributed by atoms with Gasteiger partial charge in [-0.3, -0.25) is 4.79 Å². The van der Waals surface area contributed by atoms with Gasteiger partial charge in [0, 0.05) is 7.11 Å². The molecule has 18 heavy (non-hydrogen) atoms. The van der Waals surface area contributed by atoms with E-state index >= 15 is 0 Å². The number of hydrogen-bond donors (Lipinski definition) is 2. The Morgan fingerprint density at radius 3 is 2.72 bits per heavy atom. The second-order valence-corrected chi connectivity index (χ2v) is 5.65. The van der Waals surface area contributed by atoms with Crippen LogP contribution in [-0.2, 0) is 14.3 Å². The van der Waals surface area contributed by atoms with Crippen molar-refractivity contribution in [2.75, 3.05) is 20.3 Å². The van der Waals surface area contributed by atoms with Crippen LogP contribution < -0.4 is 0 Å². The van der Waals surface area contributed by atoms with Gasteiger partial charge in [0.25, 0.3) is 5.91 Å². The molecule has 0 aliphatic carbocycles. The molecule has 2 rings (SSSR count). The van der Waals surface area contributed by atoms with E-state index in [1.165, 1.54) is 23.8 Å². The smallest absolute Gasteiger partial charge is 0.327 e. The van der Waals surface area contributed by atoms with E-state index in [1.807, 2.05) is 0 Å². The van der Waals surface area contributed by atoms with Gasteiger partial charge in [0.1, 0.15) is 11.4 Å². The third-order valence-corrected chi connectivity index (χ3v) is 4.67. The number of nitrogens with zero attached hydrogens (tertiary/aromatic N) is 1. The zero-order valence-corrected chi connectivity index (χ0v) is 10.9. The molecular formula is C11H15NO5S. The molecule has 2 N–H and O–H groups in total. The number of rotatable bonds is 4. The number of carbonyl (C=O) groups is 2. The van der Waals surface area contributed by atoms with E-state index in [9.17, 15) is 14.7 Å². The molecule has 0 saturated carbocycles. The van der Waals surface area contributed by atoms with Crippen molar-refractivity contribution in [1.82, 2.24) is 4.90 Å². The summed E-state index contributed by atoms with van der Waals surface area (Å²) in [4.78, 5) is 24.6. The van der Waals surface area contributed by atoms with Crippen LogP contribution in [0.3, 0.4) is 0 Å². The maximum atomic E-state index is 11.9. The maximum Gasteiger partial charge on any atom is 0.327 e. The molecule has 2 saturated heterocycles. The highest BCUT2D eigenvalue weighted by Gasteiger charge is 2.58. The minimum atomic E-state index is -1.01. The van der Waals surface area contributed by atoms with Gasteiger partial charge >= 0.3 is 5.97 Å². The zero-order chi connectivity index (χ0) is 13.4. The second-order valence-electron chi connectivity index (χ2n) is 4.33. The monoisotopic (exact) mass is 273 g/mol. The number of carboxylic acids is 1. The number of thioether (sulfide) groups is 1. The normalized spacial score (nSPS) is 33.2. The first-order valence-corrected chi connectivity index (χ1v) is 6.47. The molecule has 0 spiro atoms. The van der Waals surface area contributed by atoms with Crippen molar-refractivity contribution >= 4 is 23.6 Å². The highest BCUT2D eigenvalue weighted by molar-refractivity contribution is 8.01. The largest absolute Gasteiger partial charge is 0.480 e. The summed E-state index contributed by atoms with van der Waals surface area (Å²) in [7, 11) is 1.51. The number of β-lactam (4-membered cyclic amide) rings is 1. The Morgan fingerprint density at radius 1 is 1.56 bits per heavy atom. The number of carboxylic acid groups (broad SMARTS) is 1. The van der Waals surface area contributed by atoms with Crippen LogP contribution in [0.5, 0.6) is 0 Å². The number of ether oxygens (including phenoxy) is 1. The Kier molecular flexibility index (Phi) is 3.65. The van der Waals surface area contributed by atoms with Gasteiger partial charge in [0.2, 0.25) is 0 Å². The Balaban J connectivity index is 2.27. The summed E-state index contributed by atoms with van der Waals surface area (Å²) in [5.74, 6) is -1.30. The third-order valence-electron chi connectivity index (χ3n) is 3.20. The molecule has 0 radical (unpaired) electrons. The van der Waals surface area contributed by atoms with Crippen LogP contribution in [-0.4, -0.2) is 64.0 Å². The van der Waals surface area contributed by atoms with Gasteiger partial charge in [-0.25, -0.2) is 4.79 Å². The van der Waals surface area contributed by atoms with Crippen molar-refractivity contribution in [1.29, 1.82) is 0 Å². The summed E-state index contributed by atoms with van der Waals surface area (Å²) >= 11 is 1.41. The molecule has 0 bridgehead atoms. The van der Waals surface area contributed by atoms with Crippen LogP contribution in [0.25, 0.3) is 0 Å². The van der Waals surface area contributed by atoms with E-state index in [1.54, 1.807) is 6.92 Å². The van der Waals surface area contributed by atoms with E-state index in [0.717, 1.165) is 0 Å². The highest BCUT2D eigenvalue weighted by Crippen LogP contribution is 2.48. The van der Waals surface area contributed by atoms with Crippen LogP contribution in [0.4, 0.5) is 0 Å². The van der Waals surface area contributed by atoms with Gasteiger partial charge in [-0.05, 0) is 12.5 Å². The Labute approximate surface area is 109 Å². The average Bonchev–Trinajstić information content (AvgIpc) is 2.64. The molecular weight excluding hydrogens is 258 g/mol. The lowest BCUT2D eigenvalue weighted by atomic mass is 9.97. The first-order chi connectivity index (χ1) is 8.52. The molecule has 0 aromatic heterocycles. The first-order valence-electron chi connectivity index (χ1n) is 5.53. The number of aliphatic hydroxyl groups excluding tert-OH is 1. The van der Waals surface area contributed by atoms with E-state index < -0.39 is 12.0 Å². The summed E-state index contributed by atoms with van der Waals surface area (Å²) in [6, 6.07) is -0.845. The number of aliphatic carboxylic acids is 1. The number of methoxy groups -OCH3 is 1. The number of carbonyl (C=O) groups excluding carboxylic acids is 1. The van der Waals surface area contributed by atoms with Gasteiger partial charge in [0.15, 0.2) is 0 Å². The van der Waals surface area contributed by atoms with Crippen molar-refractivity contribution in [2.24, 2.45) is 0 Å². The number of amides is 1. The summed E-state index contributed by atoms with van der Waals surface area (Å²) in [6.07, 6.45) is 0. The first kappa shape index (κ1) is 13.4. The highest BCUT2D eigenvalue weighted by atomic mass is 32.2. The number of fused-ring (bicyclic) bond motifs is 1. The van der Waals surface area contributed by atoms with Crippen molar-refractivity contribution in [3.63, 3.8) is 0 Å². The fourth-order valence-electron chi connectivity index (χ4n) is 2.30. The van der Waals surface area contributed by atoms with Crippen molar-refractivity contribution < 1.29 is 24.5 Å². The van der Waals surface area contributed by atoms with Gasteiger partial charge in [-0.15, -0.1) is 11.8 Å². The predicted octanol–water partition coefficient (Wildman–Crippen LogP) is -0.322. The van der Waals surface area contributed by atoms with E-state index in [4.69, 9.17) is 9.84 Å². The predicted molar refractivity (Wildman–Crippen MR) is 65.1 cm³/mol. The second kappa shape index (κ2) is 4.91. The van der Waals surface area contributed by atoms with E-state index in [2.05, 4.69) is 0 Å². The fourth-order valence-corrected chi connectivity index (χ4v) is 4.04. The molecule has 0 aromatic carbocycles. The molecule has 2 aliphatic rings. The minimum absolute atomic E-state index is 0.182. The lowest BCUT2D eigenvalue weighted by Gasteiger charge is -2.39. The van der Waals surface area contributed by atoms with Crippen LogP contribution >= 0.6 is 11.8 Å². The molecule has 1 amide bonds. The van der Waals surface area contributed by atoms with Crippen molar-refractivity contribution in [3.05, 3.63) is 11.1 Å². The Morgan fingerprint density at radius 2 is 2.22 bits per heavy atom. The molecule has 6 nitrogen and oxygen atoms in total. The lowest BCUT2D eigenvalue weighted by molar-refractivity contribution is -0.152. The standard InChI is InChI=1S/C11H15NO5S/c1-5(3-13)7-9(14)12-8(11(15)16)6(4-17-2)18-10(7)12/h6,8,10,13H,3-4H2,1-2H3,(H,15,16)/t6?,8?,10-/m1/s1. The summed E-state index contributed by atoms with van der Waals surface area (Å²) < 4.78 is 5.00. The van der Waals surface area contributed by atoms with Crippen LogP contribution in [0, 0.1) is 0 Å². The maximum absolute atomic E-state index is 11.9. The van der Waals surface area contributed by atoms with Crippen molar-refractivity contribution in [2.45, 2.75) is 23.6 Å². The van der Waals surface area contributed by atoms with Crippen LogP contribution in [0.2, 0.25) is 0 Å². The SMILES string of the molecule is COCC1S[C@@H]2C(=C(C)CO)C(=O)N2C1C(=O)O. The quantitative estimate of drug-likeness (QED) is 0.539. The third kappa shape index (κ3) is 1.82. The summed E-state index contributed by atoms with van der Waals surface area (Å²) in [5, 5.41) is 17.7. The lowest BCUT2D eigenvalue weighted by Crippen LogP contribution is -2.58. The summed E-state index contributed by atoms with van der Waals surface area (Å²) in [5.41, 5.74) is 1.14. The van der Waals surface area contributed by atoms with E-state index in [-0.39, 0.29) is 29.7 Å². The molecule has 2 fully saturated rings. The molecule has 3 atom stereocenters. The zero-order valence-electron chi connectivity index (χ0n) is 10.1. The van der Waals surface area contributed by atoms with Gasteiger partial charge in [-0.1, -0.05) is 0 Å². The van der Waals surface area contributed by atoms with Crippen LogP contribution in [0.1, 0.15) is 6.92 Å². The fraction of sp³-hybridized carbons (Fsp3) is 0.636. The average molecular weight is 273 g/mol. The van der Waals surface area contributed by atoms with Crippen molar-refractivity contribution in [3.8, 4) is 0 Å². The molecule has 2 heterocycles. The molecule has 2 unspecified atom stereocenters. The van der Waals surface area contributed by atoms with Gasteiger partial charge in [-0.2, -0.15) is 0 Å². The Hall–Kier alpha value is -1.05. The molecule has 0 aromatic rings. The van der Waals surface area contributed by atoms with Gasteiger partial charge < -0.3 is 19.8 Å². The number of hydrogen-bond acceptors (Lipinski definition) is 5. The number of aliphatic hydroxyl groups is 1. The summed E-state index contributed by atoms with van der Waals surface area (Å²) in [6.45, 7) is 1.79. The van der Waals surface area contributed by atoms with E-state index in [0.29, 0.717) is 11.1 Å². The molecule has 2 aliphatic heterocycles. The van der Waals surface area contributed by atoms with Gasteiger partial charge in [0.05, 0.1) is 24.0 Å². The topological polar surface area (TPSA) is 87.1 Å². The Bertz CT molecular complexity index is 422. The minimum Gasteiger partial charge on any atom is -0.480 e.